The number of anilines is 1. The summed E-state index contributed by atoms with van der Waals surface area (Å²) in [5.74, 6) is 0.584. The minimum absolute atomic E-state index is 0.149. The van der Waals surface area contributed by atoms with Crippen LogP contribution >= 0.6 is 0 Å². The van der Waals surface area contributed by atoms with Crippen LogP contribution in [-0.2, 0) is 13.2 Å². The summed E-state index contributed by atoms with van der Waals surface area (Å²) < 4.78 is 5.83. The molecule has 0 radical (unpaired) electrons. The van der Waals surface area contributed by atoms with E-state index in [1.54, 1.807) is 12.1 Å². The van der Waals surface area contributed by atoms with Gasteiger partial charge in [-0.1, -0.05) is 42.8 Å². The minimum Gasteiger partial charge on any atom is -0.489 e. The van der Waals surface area contributed by atoms with Crippen molar-refractivity contribution in [1.29, 1.82) is 0 Å². The topological polar surface area (TPSA) is 54.5 Å². The summed E-state index contributed by atoms with van der Waals surface area (Å²) in [5, 5.41) is 4.15. The van der Waals surface area contributed by atoms with Crippen LogP contribution in [0, 0.1) is 6.92 Å². The molecule has 0 saturated carbocycles. The number of pyridine rings is 1. The molecule has 0 aliphatic carbocycles. The van der Waals surface area contributed by atoms with Crippen molar-refractivity contribution in [2.45, 2.75) is 39.3 Å². The third-order valence-corrected chi connectivity index (χ3v) is 6.63. The van der Waals surface area contributed by atoms with Crippen LogP contribution < -0.4 is 10.1 Å². The normalized spacial score (nSPS) is 14.1. The van der Waals surface area contributed by atoms with E-state index in [0.717, 1.165) is 40.0 Å². The molecule has 1 N–H and O–H groups in total. The van der Waals surface area contributed by atoms with Crippen molar-refractivity contribution in [3.8, 4) is 5.75 Å². The van der Waals surface area contributed by atoms with Gasteiger partial charge in [-0.25, -0.2) is 0 Å². The van der Waals surface area contributed by atoms with Gasteiger partial charge in [-0.05, 0) is 85.9 Å². The first-order chi connectivity index (χ1) is 17.2. The van der Waals surface area contributed by atoms with Crippen LogP contribution in [0.3, 0.4) is 0 Å². The second-order valence-electron chi connectivity index (χ2n) is 9.24. The zero-order chi connectivity index (χ0) is 24.0. The number of carbonyl (C=O) groups excluding carboxylic acids is 1. The molecule has 3 aromatic carbocycles. The van der Waals surface area contributed by atoms with E-state index < -0.39 is 0 Å². The van der Waals surface area contributed by atoms with Crippen molar-refractivity contribution in [2.75, 3.05) is 18.4 Å². The molecule has 0 spiro atoms. The number of nitrogens with zero attached hydrogens (tertiary/aromatic N) is 2. The molecule has 1 aliphatic heterocycles. The Kier molecular flexibility index (Phi) is 7.05. The Balaban J connectivity index is 1.24. The molecule has 0 atom stereocenters. The first-order valence-electron chi connectivity index (χ1n) is 12.3. The lowest BCUT2D eigenvalue weighted by molar-refractivity contribution is 0.102. The molecule has 4 aromatic rings. The number of ether oxygens (including phenoxy) is 1. The highest BCUT2D eigenvalue weighted by Gasteiger charge is 2.13. The predicted octanol–water partition coefficient (Wildman–Crippen LogP) is 6.36. The standard InChI is InChI=1S/C30H31N3O2/c1-22-28(15-12-26-18-24(19-31-29(22)26)20-33-16-6-3-7-17-33)32-30(34)25-10-13-27(14-11-25)35-21-23-8-4-2-5-9-23/h2,4-5,8-15,18-19H,3,6-7,16-17,20-21H2,1H3,(H,32,34). The van der Waals surface area contributed by atoms with Crippen molar-refractivity contribution in [1.82, 2.24) is 9.88 Å². The van der Waals surface area contributed by atoms with Crippen molar-refractivity contribution >= 4 is 22.5 Å². The van der Waals surface area contributed by atoms with E-state index >= 15 is 0 Å². The first kappa shape index (κ1) is 23.1. The summed E-state index contributed by atoms with van der Waals surface area (Å²) in [6.07, 6.45) is 5.88. The Bertz CT molecular complexity index is 1300. The molecule has 1 fully saturated rings. The van der Waals surface area contributed by atoms with E-state index in [4.69, 9.17) is 9.72 Å². The van der Waals surface area contributed by atoms with Gasteiger partial charge in [0, 0.05) is 29.4 Å². The summed E-state index contributed by atoms with van der Waals surface area (Å²) in [4.78, 5) is 20.1. The van der Waals surface area contributed by atoms with Crippen LogP contribution in [0.25, 0.3) is 10.9 Å². The number of amides is 1. The van der Waals surface area contributed by atoms with Gasteiger partial charge in [0.15, 0.2) is 0 Å². The molecule has 1 aromatic heterocycles. The number of hydrogen-bond acceptors (Lipinski definition) is 4. The van der Waals surface area contributed by atoms with Crippen molar-refractivity contribution in [3.05, 3.63) is 101 Å². The molecule has 0 bridgehead atoms. The van der Waals surface area contributed by atoms with Gasteiger partial charge in [0.05, 0.1) is 5.52 Å². The van der Waals surface area contributed by atoms with Crippen LogP contribution in [-0.4, -0.2) is 28.9 Å². The van der Waals surface area contributed by atoms with Gasteiger partial charge in [-0.15, -0.1) is 0 Å². The quantitative estimate of drug-likeness (QED) is 0.345. The molecule has 2 heterocycles. The monoisotopic (exact) mass is 465 g/mol. The minimum atomic E-state index is -0.149. The number of carbonyl (C=O) groups is 1. The number of hydrogen-bond donors (Lipinski definition) is 1. The number of benzene rings is 3. The van der Waals surface area contributed by atoms with Gasteiger partial charge >= 0.3 is 0 Å². The molecule has 1 aliphatic rings. The highest BCUT2D eigenvalue weighted by atomic mass is 16.5. The Morgan fingerprint density at radius 1 is 0.943 bits per heavy atom. The predicted molar refractivity (Wildman–Crippen MR) is 141 cm³/mol. The molecule has 0 unspecified atom stereocenters. The molecule has 5 nitrogen and oxygen atoms in total. The number of fused-ring (bicyclic) bond motifs is 1. The molecule has 5 heteroatoms. The zero-order valence-corrected chi connectivity index (χ0v) is 20.2. The smallest absolute Gasteiger partial charge is 0.255 e. The number of likely N-dealkylation sites (tertiary alicyclic amines) is 1. The Hall–Kier alpha value is -3.70. The van der Waals surface area contributed by atoms with Crippen LogP contribution in [0.5, 0.6) is 5.75 Å². The van der Waals surface area contributed by atoms with E-state index in [-0.39, 0.29) is 5.91 Å². The third kappa shape index (κ3) is 5.69. The first-order valence-corrected chi connectivity index (χ1v) is 12.3. The van der Waals surface area contributed by atoms with E-state index in [0.29, 0.717) is 12.2 Å². The van der Waals surface area contributed by atoms with Gasteiger partial charge in [-0.3, -0.25) is 14.7 Å². The maximum atomic E-state index is 12.9. The van der Waals surface area contributed by atoms with E-state index in [1.165, 1.54) is 37.9 Å². The third-order valence-electron chi connectivity index (χ3n) is 6.63. The summed E-state index contributed by atoms with van der Waals surface area (Å²) >= 11 is 0. The fourth-order valence-corrected chi connectivity index (χ4v) is 4.63. The molecule has 1 amide bonds. The number of nitrogens with one attached hydrogen (secondary N) is 1. The zero-order valence-electron chi connectivity index (χ0n) is 20.2. The second kappa shape index (κ2) is 10.7. The van der Waals surface area contributed by atoms with E-state index in [9.17, 15) is 4.79 Å². The van der Waals surface area contributed by atoms with Crippen molar-refractivity contribution < 1.29 is 9.53 Å². The number of rotatable bonds is 7. The molecular formula is C30H31N3O2. The summed E-state index contributed by atoms with van der Waals surface area (Å²) in [6.45, 7) is 5.79. The van der Waals surface area contributed by atoms with Gasteiger partial charge < -0.3 is 10.1 Å². The van der Waals surface area contributed by atoms with Crippen LogP contribution in [0.15, 0.2) is 79.0 Å². The van der Waals surface area contributed by atoms with Crippen molar-refractivity contribution in [3.63, 3.8) is 0 Å². The number of piperidine rings is 1. The lowest BCUT2D eigenvalue weighted by Gasteiger charge is -2.26. The van der Waals surface area contributed by atoms with E-state index in [1.807, 2.05) is 67.7 Å². The number of aromatic nitrogens is 1. The molecule has 35 heavy (non-hydrogen) atoms. The summed E-state index contributed by atoms with van der Waals surface area (Å²) in [5.41, 5.74) is 5.61. The fraction of sp³-hybridized carbons (Fsp3) is 0.267. The highest BCUT2D eigenvalue weighted by Crippen LogP contribution is 2.26. The van der Waals surface area contributed by atoms with Gasteiger partial charge in [0.1, 0.15) is 12.4 Å². The summed E-state index contributed by atoms with van der Waals surface area (Å²) in [7, 11) is 0. The lowest BCUT2D eigenvalue weighted by Crippen LogP contribution is -2.29. The molecular weight excluding hydrogens is 434 g/mol. The molecule has 178 valence electrons. The van der Waals surface area contributed by atoms with E-state index in [2.05, 4.69) is 16.3 Å². The maximum absolute atomic E-state index is 12.9. The Labute approximate surface area is 206 Å². The SMILES string of the molecule is Cc1c(NC(=O)c2ccc(OCc3ccccc3)cc2)ccc2cc(CN3CCCCC3)cnc12. The Morgan fingerprint density at radius 3 is 2.49 bits per heavy atom. The maximum Gasteiger partial charge on any atom is 0.255 e. The average Bonchev–Trinajstić information content (AvgIpc) is 2.90. The van der Waals surface area contributed by atoms with Gasteiger partial charge in [0.2, 0.25) is 0 Å². The second-order valence-corrected chi connectivity index (χ2v) is 9.24. The van der Waals surface area contributed by atoms with Crippen molar-refractivity contribution in [2.24, 2.45) is 0 Å². The van der Waals surface area contributed by atoms with Crippen LogP contribution in [0.1, 0.15) is 46.3 Å². The average molecular weight is 466 g/mol. The van der Waals surface area contributed by atoms with Crippen LogP contribution in [0.2, 0.25) is 0 Å². The van der Waals surface area contributed by atoms with Crippen LogP contribution in [0.4, 0.5) is 5.69 Å². The molecule has 5 rings (SSSR count). The number of aryl methyl sites for hydroxylation is 1. The van der Waals surface area contributed by atoms with Gasteiger partial charge in [0.25, 0.3) is 5.91 Å². The molecule has 1 saturated heterocycles. The lowest BCUT2D eigenvalue weighted by atomic mass is 10.1. The Morgan fingerprint density at radius 2 is 1.71 bits per heavy atom. The highest BCUT2D eigenvalue weighted by molar-refractivity contribution is 6.06. The summed E-state index contributed by atoms with van der Waals surface area (Å²) in [6, 6.07) is 23.5. The largest absolute Gasteiger partial charge is 0.489 e. The fourth-order valence-electron chi connectivity index (χ4n) is 4.63. The van der Waals surface area contributed by atoms with Gasteiger partial charge in [-0.2, -0.15) is 0 Å².